The first kappa shape index (κ1) is 15.7. The molecule has 0 aromatic rings. The Morgan fingerprint density at radius 1 is 0.812 bits per heavy atom. The van der Waals surface area contributed by atoms with Gasteiger partial charge >= 0.3 is 0 Å². The zero-order chi connectivity index (χ0) is 12.4. The smallest absolute Gasteiger partial charge is 0.0214 e. The lowest BCUT2D eigenvalue weighted by Crippen LogP contribution is -1.81. The minimum atomic E-state index is 0.974. The lowest BCUT2D eigenvalue weighted by Gasteiger charge is -2.00. The second-order valence-corrected chi connectivity index (χ2v) is 5.26. The molecule has 0 bridgehead atoms. The van der Waals surface area contributed by atoms with Crippen molar-refractivity contribution in [2.45, 2.75) is 53.4 Å². The Hall–Kier alpha value is -0.300. The standard InChI is InChI=1S/C15H25Br/c1-13(2)7-5-8-14(3)9-6-10-15(4)11-12-16/h7,9,11H,5-6,8,10,12H2,1-4H3/b14-9-,15-11?. The van der Waals surface area contributed by atoms with Crippen LogP contribution < -0.4 is 0 Å². The Kier molecular flexibility index (Phi) is 9.71. The van der Waals surface area contributed by atoms with Crippen molar-refractivity contribution in [2.24, 2.45) is 0 Å². The number of hydrogen-bond acceptors (Lipinski definition) is 0. The fourth-order valence-corrected chi connectivity index (χ4v) is 2.02. The number of rotatable bonds is 7. The maximum absolute atomic E-state index is 3.42. The van der Waals surface area contributed by atoms with E-state index >= 15 is 0 Å². The minimum Gasteiger partial charge on any atom is -0.0883 e. The summed E-state index contributed by atoms with van der Waals surface area (Å²) in [5, 5.41) is 0.974. The van der Waals surface area contributed by atoms with Gasteiger partial charge in [0.05, 0.1) is 0 Å². The van der Waals surface area contributed by atoms with Gasteiger partial charge in [0, 0.05) is 5.33 Å². The summed E-state index contributed by atoms with van der Waals surface area (Å²) >= 11 is 3.42. The second-order valence-electron chi connectivity index (χ2n) is 4.61. The molecule has 0 amide bonds. The van der Waals surface area contributed by atoms with Crippen LogP contribution >= 0.6 is 15.9 Å². The molecule has 0 radical (unpaired) electrons. The summed E-state index contributed by atoms with van der Waals surface area (Å²) < 4.78 is 0. The molecule has 0 aliphatic carbocycles. The van der Waals surface area contributed by atoms with Crippen LogP contribution in [0.2, 0.25) is 0 Å². The van der Waals surface area contributed by atoms with Crippen molar-refractivity contribution >= 4 is 15.9 Å². The molecule has 0 nitrogen and oxygen atoms in total. The van der Waals surface area contributed by atoms with Crippen molar-refractivity contribution in [2.75, 3.05) is 5.33 Å². The van der Waals surface area contributed by atoms with Gasteiger partial charge in [-0.1, -0.05) is 50.9 Å². The van der Waals surface area contributed by atoms with Crippen LogP contribution in [-0.2, 0) is 0 Å². The highest BCUT2D eigenvalue weighted by atomic mass is 79.9. The Labute approximate surface area is 110 Å². The van der Waals surface area contributed by atoms with Crippen LogP contribution in [0.25, 0.3) is 0 Å². The summed E-state index contributed by atoms with van der Waals surface area (Å²) in [6, 6.07) is 0. The predicted octanol–water partition coefficient (Wildman–Crippen LogP) is 5.80. The maximum atomic E-state index is 3.42. The van der Waals surface area contributed by atoms with Crippen LogP contribution in [-0.4, -0.2) is 5.33 Å². The van der Waals surface area contributed by atoms with Crippen molar-refractivity contribution in [3.63, 3.8) is 0 Å². The van der Waals surface area contributed by atoms with E-state index in [0.29, 0.717) is 0 Å². The van der Waals surface area contributed by atoms with Crippen LogP contribution in [0.4, 0.5) is 0 Å². The molecule has 0 aromatic heterocycles. The zero-order valence-corrected chi connectivity index (χ0v) is 12.7. The fourth-order valence-electron chi connectivity index (χ4n) is 1.47. The minimum absolute atomic E-state index is 0.974. The number of allylic oxidation sites excluding steroid dienone is 6. The van der Waals surface area contributed by atoms with Crippen LogP contribution in [0.1, 0.15) is 53.4 Å². The third kappa shape index (κ3) is 10.2. The maximum Gasteiger partial charge on any atom is 0.0214 e. The molecule has 0 aliphatic rings. The fraction of sp³-hybridized carbons (Fsp3) is 0.600. The monoisotopic (exact) mass is 284 g/mol. The first-order valence-electron chi connectivity index (χ1n) is 6.07. The molecule has 0 rings (SSSR count). The Morgan fingerprint density at radius 2 is 1.31 bits per heavy atom. The van der Waals surface area contributed by atoms with Gasteiger partial charge in [-0.05, 0) is 53.4 Å². The summed E-state index contributed by atoms with van der Waals surface area (Å²) in [7, 11) is 0. The third-order valence-corrected chi connectivity index (χ3v) is 2.87. The summed E-state index contributed by atoms with van der Waals surface area (Å²) in [5.74, 6) is 0. The lowest BCUT2D eigenvalue weighted by molar-refractivity contribution is 0.917. The van der Waals surface area contributed by atoms with Crippen LogP contribution in [0.5, 0.6) is 0 Å². The molecule has 16 heavy (non-hydrogen) atoms. The van der Waals surface area contributed by atoms with Crippen molar-refractivity contribution in [3.8, 4) is 0 Å². The SMILES string of the molecule is CC(C)=CCC/C(C)=C\CCC(C)=CCBr. The molecule has 0 heterocycles. The highest BCUT2D eigenvalue weighted by Gasteiger charge is 1.91. The van der Waals surface area contributed by atoms with E-state index in [-0.39, 0.29) is 0 Å². The van der Waals surface area contributed by atoms with Gasteiger partial charge in [0.1, 0.15) is 0 Å². The number of hydrogen-bond donors (Lipinski definition) is 0. The van der Waals surface area contributed by atoms with Gasteiger partial charge in [-0.15, -0.1) is 0 Å². The lowest BCUT2D eigenvalue weighted by atomic mass is 10.1. The van der Waals surface area contributed by atoms with Gasteiger partial charge in [0.15, 0.2) is 0 Å². The quantitative estimate of drug-likeness (QED) is 0.409. The van der Waals surface area contributed by atoms with Gasteiger partial charge in [-0.25, -0.2) is 0 Å². The van der Waals surface area contributed by atoms with Gasteiger partial charge in [-0.2, -0.15) is 0 Å². The molecule has 0 spiro atoms. The van der Waals surface area contributed by atoms with E-state index < -0.39 is 0 Å². The molecule has 0 unspecified atom stereocenters. The van der Waals surface area contributed by atoms with Crippen molar-refractivity contribution in [1.29, 1.82) is 0 Å². The van der Waals surface area contributed by atoms with E-state index in [4.69, 9.17) is 0 Å². The Bertz CT molecular complexity index is 265. The van der Waals surface area contributed by atoms with E-state index in [1.165, 1.54) is 42.4 Å². The molecule has 0 aromatic carbocycles. The van der Waals surface area contributed by atoms with E-state index in [1.54, 1.807) is 0 Å². The molecule has 0 atom stereocenters. The van der Waals surface area contributed by atoms with Gasteiger partial charge < -0.3 is 0 Å². The molecule has 0 N–H and O–H groups in total. The van der Waals surface area contributed by atoms with Crippen LogP contribution in [0.3, 0.4) is 0 Å². The highest BCUT2D eigenvalue weighted by molar-refractivity contribution is 9.09. The molecular weight excluding hydrogens is 260 g/mol. The van der Waals surface area contributed by atoms with Gasteiger partial charge in [0.2, 0.25) is 0 Å². The number of halogens is 1. The van der Waals surface area contributed by atoms with Crippen molar-refractivity contribution in [3.05, 3.63) is 34.9 Å². The average molecular weight is 285 g/mol. The normalized spacial score (nSPS) is 12.8. The molecular formula is C15H25Br. The topological polar surface area (TPSA) is 0 Å². The number of alkyl halides is 1. The van der Waals surface area contributed by atoms with Gasteiger partial charge in [-0.3, -0.25) is 0 Å². The first-order valence-corrected chi connectivity index (χ1v) is 7.19. The van der Waals surface area contributed by atoms with Crippen LogP contribution in [0, 0.1) is 0 Å². The molecule has 92 valence electrons. The van der Waals surface area contributed by atoms with Crippen molar-refractivity contribution < 1.29 is 0 Å². The van der Waals surface area contributed by atoms with Crippen molar-refractivity contribution in [1.82, 2.24) is 0 Å². The summed E-state index contributed by atoms with van der Waals surface area (Å²) in [6.07, 6.45) is 11.7. The van der Waals surface area contributed by atoms with Gasteiger partial charge in [0.25, 0.3) is 0 Å². The highest BCUT2D eigenvalue weighted by Crippen LogP contribution is 2.11. The second kappa shape index (κ2) is 9.89. The molecule has 1 heteroatoms. The summed E-state index contributed by atoms with van der Waals surface area (Å²) in [4.78, 5) is 0. The third-order valence-electron chi connectivity index (χ3n) is 2.55. The molecule has 0 aliphatic heterocycles. The van der Waals surface area contributed by atoms with E-state index in [0.717, 1.165) is 5.33 Å². The first-order chi connectivity index (χ1) is 7.56. The van der Waals surface area contributed by atoms with E-state index in [9.17, 15) is 0 Å². The molecule has 0 fully saturated rings. The summed E-state index contributed by atoms with van der Waals surface area (Å²) in [6.45, 7) is 8.76. The molecule has 0 saturated heterocycles. The van der Waals surface area contributed by atoms with E-state index in [2.05, 4.69) is 61.9 Å². The average Bonchev–Trinajstić information content (AvgIpc) is 2.17. The predicted molar refractivity (Wildman–Crippen MR) is 79.2 cm³/mol. The van der Waals surface area contributed by atoms with Crippen LogP contribution in [0.15, 0.2) is 34.9 Å². The Balaban J connectivity index is 3.79. The summed E-state index contributed by atoms with van der Waals surface area (Å²) in [5.41, 5.74) is 4.42. The Morgan fingerprint density at radius 3 is 1.81 bits per heavy atom. The van der Waals surface area contributed by atoms with E-state index in [1.807, 2.05) is 0 Å². The largest absolute Gasteiger partial charge is 0.0883 e. The zero-order valence-electron chi connectivity index (χ0n) is 11.1. The molecule has 0 saturated carbocycles.